The Bertz CT molecular complexity index is 958. The molecule has 2 aromatic rings. The zero-order valence-corrected chi connectivity index (χ0v) is 17.5. The van der Waals surface area contributed by atoms with Crippen molar-refractivity contribution in [2.45, 2.75) is 24.8 Å². The van der Waals surface area contributed by atoms with Crippen LogP contribution in [0, 0.1) is 6.92 Å². The third-order valence-corrected chi connectivity index (χ3v) is 6.30. The SMILES string of the molecule is COc1ccc(C)cc1[C@@H](C)NC(=O)c1cc(S(=O)(=O)N(C)C)ccc1Cl. The monoisotopic (exact) mass is 410 g/mol. The van der Waals surface area contributed by atoms with Crippen molar-refractivity contribution in [2.24, 2.45) is 0 Å². The molecule has 2 rings (SSSR count). The lowest BCUT2D eigenvalue weighted by molar-refractivity contribution is 0.0939. The van der Waals surface area contributed by atoms with Crippen molar-refractivity contribution in [2.75, 3.05) is 21.2 Å². The molecular weight excluding hydrogens is 388 g/mol. The molecule has 146 valence electrons. The van der Waals surface area contributed by atoms with Crippen molar-refractivity contribution >= 4 is 27.5 Å². The quantitative estimate of drug-likeness (QED) is 0.791. The highest BCUT2D eigenvalue weighted by molar-refractivity contribution is 7.89. The molecule has 0 saturated heterocycles. The van der Waals surface area contributed by atoms with Crippen molar-refractivity contribution in [3.63, 3.8) is 0 Å². The number of carbonyl (C=O) groups excluding carboxylic acids is 1. The average molecular weight is 411 g/mol. The number of ether oxygens (including phenoxy) is 1. The largest absolute Gasteiger partial charge is 0.496 e. The van der Waals surface area contributed by atoms with Crippen LogP contribution in [0.5, 0.6) is 5.75 Å². The molecular formula is C19H23ClN2O4S. The summed E-state index contributed by atoms with van der Waals surface area (Å²) < 4.78 is 31.1. The summed E-state index contributed by atoms with van der Waals surface area (Å²) in [7, 11) is 0.745. The number of sulfonamides is 1. The highest BCUT2D eigenvalue weighted by Gasteiger charge is 2.22. The predicted molar refractivity (Wildman–Crippen MR) is 106 cm³/mol. The van der Waals surface area contributed by atoms with Crippen LogP contribution in [0.4, 0.5) is 0 Å². The van der Waals surface area contributed by atoms with E-state index >= 15 is 0 Å². The van der Waals surface area contributed by atoms with Gasteiger partial charge in [0.25, 0.3) is 5.91 Å². The smallest absolute Gasteiger partial charge is 0.253 e. The number of hydrogen-bond acceptors (Lipinski definition) is 4. The van der Waals surface area contributed by atoms with Gasteiger partial charge in [-0.1, -0.05) is 29.3 Å². The fourth-order valence-electron chi connectivity index (χ4n) is 2.59. The minimum absolute atomic E-state index is 0.00263. The Hall–Kier alpha value is -2.09. The van der Waals surface area contributed by atoms with Gasteiger partial charge in [0, 0.05) is 19.7 Å². The van der Waals surface area contributed by atoms with Crippen LogP contribution in [0.1, 0.15) is 34.5 Å². The molecule has 1 N–H and O–H groups in total. The summed E-state index contributed by atoms with van der Waals surface area (Å²) >= 11 is 6.14. The van der Waals surface area contributed by atoms with Crippen LogP contribution < -0.4 is 10.1 Å². The molecule has 0 aliphatic heterocycles. The van der Waals surface area contributed by atoms with E-state index < -0.39 is 15.9 Å². The standard InChI is InChI=1S/C19H23ClN2O4S/c1-12-6-9-18(26-5)15(10-12)13(2)21-19(23)16-11-14(7-8-17(16)20)27(24,25)22(3)4/h6-11,13H,1-5H3,(H,21,23)/t13-/m1/s1. The number of aryl methyl sites for hydroxylation is 1. The summed E-state index contributed by atoms with van der Waals surface area (Å²) in [6, 6.07) is 9.39. The predicted octanol–water partition coefficient (Wildman–Crippen LogP) is 3.40. The van der Waals surface area contributed by atoms with Crippen LogP contribution in [-0.2, 0) is 10.0 Å². The first-order valence-electron chi connectivity index (χ1n) is 8.25. The molecule has 0 aliphatic rings. The van der Waals surface area contributed by atoms with Crippen LogP contribution in [0.25, 0.3) is 0 Å². The molecule has 0 radical (unpaired) electrons. The Morgan fingerprint density at radius 2 is 1.85 bits per heavy atom. The molecule has 0 aromatic heterocycles. The molecule has 0 unspecified atom stereocenters. The Labute approximate surface area is 165 Å². The van der Waals surface area contributed by atoms with Gasteiger partial charge in [0.1, 0.15) is 5.75 Å². The van der Waals surface area contributed by atoms with Crippen LogP contribution >= 0.6 is 11.6 Å². The van der Waals surface area contributed by atoms with E-state index in [0.29, 0.717) is 5.75 Å². The van der Waals surface area contributed by atoms with Crippen molar-refractivity contribution in [1.82, 2.24) is 9.62 Å². The number of halogens is 1. The molecule has 0 saturated carbocycles. The second-order valence-corrected chi connectivity index (χ2v) is 8.93. The maximum atomic E-state index is 12.7. The molecule has 0 heterocycles. The number of amides is 1. The van der Waals surface area contributed by atoms with Gasteiger partial charge < -0.3 is 10.1 Å². The van der Waals surface area contributed by atoms with Gasteiger partial charge in [0.05, 0.1) is 28.6 Å². The molecule has 8 heteroatoms. The minimum Gasteiger partial charge on any atom is -0.496 e. The number of nitrogens with one attached hydrogen (secondary N) is 1. The summed E-state index contributed by atoms with van der Waals surface area (Å²) in [6.45, 7) is 3.77. The van der Waals surface area contributed by atoms with Gasteiger partial charge in [-0.15, -0.1) is 0 Å². The van der Waals surface area contributed by atoms with Gasteiger partial charge >= 0.3 is 0 Å². The molecule has 1 amide bonds. The van der Waals surface area contributed by atoms with E-state index in [1.165, 1.54) is 32.3 Å². The zero-order valence-electron chi connectivity index (χ0n) is 15.9. The summed E-state index contributed by atoms with van der Waals surface area (Å²) in [5, 5.41) is 3.03. The molecule has 0 spiro atoms. The van der Waals surface area contributed by atoms with E-state index in [1.807, 2.05) is 32.0 Å². The lowest BCUT2D eigenvalue weighted by atomic mass is 10.0. The first-order chi connectivity index (χ1) is 12.6. The van der Waals surface area contributed by atoms with E-state index in [-0.39, 0.29) is 21.5 Å². The topological polar surface area (TPSA) is 75.7 Å². The van der Waals surface area contributed by atoms with Crippen molar-refractivity contribution in [1.29, 1.82) is 0 Å². The first-order valence-corrected chi connectivity index (χ1v) is 10.1. The Morgan fingerprint density at radius 1 is 1.19 bits per heavy atom. The van der Waals surface area contributed by atoms with E-state index in [9.17, 15) is 13.2 Å². The molecule has 27 heavy (non-hydrogen) atoms. The van der Waals surface area contributed by atoms with Gasteiger partial charge in [-0.2, -0.15) is 0 Å². The highest BCUT2D eigenvalue weighted by Crippen LogP contribution is 2.27. The summed E-state index contributed by atoms with van der Waals surface area (Å²) in [4.78, 5) is 12.7. The minimum atomic E-state index is -3.67. The van der Waals surface area contributed by atoms with Crippen LogP contribution in [0.2, 0.25) is 5.02 Å². The number of methoxy groups -OCH3 is 1. The van der Waals surface area contributed by atoms with E-state index in [1.54, 1.807) is 7.11 Å². The normalized spacial score (nSPS) is 12.7. The Kier molecular flexibility index (Phi) is 6.51. The van der Waals surface area contributed by atoms with E-state index in [4.69, 9.17) is 16.3 Å². The maximum Gasteiger partial charge on any atom is 0.253 e. The highest BCUT2D eigenvalue weighted by atomic mass is 35.5. The number of carbonyl (C=O) groups is 1. The average Bonchev–Trinajstić information content (AvgIpc) is 2.61. The fourth-order valence-corrected chi connectivity index (χ4v) is 3.73. The molecule has 0 fully saturated rings. The summed E-state index contributed by atoms with van der Waals surface area (Å²) in [5.41, 5.74) is 1.95. The number of hydrogen-bond donors (Lipinski definition) is 1. The van der Waals surface area contributed by atoms with E-state index in [2.05, 4.69) is 5.32 Å². The second kappa shape index (κ2) is 8.29. The van der Waals surface area contributed by atoms with Crippen LogP contribution in [-0.4, -0.2) is 39.8 Å². The van der Waals surface area contributed by atoms with Gasteiger partial charge in [-0.3, -0.25) is 4.79 Å². The van der Waals surface area contributed by atoms with Gasteiger partial charge in [0.15, 0.2) is 0 Å². The summed E-state index contributed by atoms with van der Waals surface area (Å²) in [5.74, 6) is 0.190. The second-order valence-electron chi connectivity index (χ2n) is 6.37. The van der Waals surface area contributed by atoms with Gasteiger partial charge in [-0.25, -0.2) is 12.7 Å². The zero-order chi connectivity index (χ0) is 20.4. The van der Waals surface area contributed by atoms with E-state index in [0.717, 1.165) is 15.4 Å². The van der Waals surface area contributed by atoms with Gasteiger partial charge in [-0.05, 0) is 38.1 Å². The number of benzene rings is 2. The molecule has 0 bridgehead atoms. The Morgan fingerprint density at radius 3 is 2.44 bits per heavy atom. The van der Waals surface area contributed by atoms with Crippen molar-refractivity contribution in [3.8, 4) is 5.75 Å². The maximum absolute atomic E-state index is 12.7. The number of nitrogens with zero attached hydrogens (tertiary/aromatic N) is 1. The third-order valence-electron chi connectivity index (χ3n) is 4.16. The Balaban J connectivity index is 2.35. The molecule has 2 aromatic carbocycles. The van der Waals surface area contributed by atoms with Crippen molar-refractivity contribution in [3.05, 3.63) is 58.1 Å². The molecule has 1 atom stereocenters. The summed E-state index contributed by atoms with van der Waals surface area (Å²) in [6.07, 6.45) is 0. The van der Waals surface area contributed by atoms with Crippen LogP contribution in [0.15, 0.2) is 41.3 Å². The molecule has 0 aliphatic carbocycles. The molecule has 6 nitrogen and oxygen atoms in total. The van der Waals surface area contributed by atoms with Crippen molar-refractivity contribution < 1.29 is 17.9 Å². The first kappa shape index (κ1) is 21.2. The van der Waals surface area contributed by atoms with Crippen LogP contribution in [0.3, 0.4) is 0 Å². The van der Waals surface area contributed by atoms with Gasteiger partial charge in [0.2, 0.25) is 10.0 Å². The third kappa shape index (κ3) is 4.61. The lowest BCUT2D eigenvalue weighted by Gasteiger charge is -2.19. The fraction of sp³-hybridized carbons (Fsp3) is 0.316. The lowest BCUT2D eigenvalue weighted by Crippen LogP contribution is -2.28. The number of rotatable bonds is 6.